The SMILES string of the molecule is CCCC(NCC1CSc2ccccc21)C(=O)O. The van der Waals surface area contributed by atoms with E-state index < -0.39 is 12.0 Å². The van der Waals surface area contributed by atoms with Gasteiger partial charge in [-0.15, -0.1) is 11.8 Å². The van der Waals surface area contributed by atoms with Crippen LogP contribution in [0.3, 0.4) is 0 Å². The van der Waals surface area contributed by atoms with Gasteiger partial charge in [0.25, 0.3) is 0 Å². The van der Waals surface area contributed by atoms with Gasteiger partial charge in [-0.3, -0.25) is 4.79 Å². The highest BCUT2D eigenvalue weighted by atomic mass is 32.2. The summed E-state index contributed by atoms with van der Waals surface area (Å²) >= 11 is 1.86. The molecule has 0 saturated carbocycles. The number of rotatable bonds is 6. The van der Waals surface area contributed by atoms with Crippen molar-refractivity contribution < 1.29 is 9.90 Å². The zero-order valence-electron chi connectivity index (χ0n) is 10.6. The fourth-order valence-corrected chi connectivity index (χ4v) is 3.54. The van der Waals surface area contributed by atoms with Crippen molar-refractivity contribution in [2.75, 3.05) is 12.3 Å². The molecule has 1 aromatic rings. The van der Waals surface area contributed by atoms with Crippen LogP contribution in [0.15, 0.2) is 29.2 Å². The number of fused-ring (bicyclic) bond motifs is 1. The third-order valence-electron chi connectivity index (χ3n) is 3.28. The van der Waals surface area contributed by atoms with E-state index >= 15 is 0 Å². The highest BCUT2D eigenvalue weighted by Gasteiger charge is 2.24. The molecular weight excluding hydrogens is 246 g/mol. The third-order valence-corrected chi connectivity index (χ3v) is 4.54. The largest absolute Gasteiger partial charge is 0.480 e. The molecule has 0 bridgehead atoms. The van der Waals surface area contributed by atoms with E-state index in [-0.39, 0.29) is 0 Å². The molecular formula is C14H19NO2S. The lowest BCUT2D eigenvalue weighted by atomic mass is 10.0. The van der Waals surface area contributed by atoms with E-state index in [2.05, 4.69) is 29.6 Å². The normalized spacial score (nSPS) is 19.5. The van der Waals surface area contributed by atoms with Crippen LogP contribution < -0.4 is 5.32 Å². The van der Waals surface area contributed by atoms with Crippen LogP contribution in [0.5, 0.6) is 0 Å². The van der Waals surface area contributed by atoms with Gasteiger partial charge < -0.3 is 10.4 Å². The van der Waals surface area contributed by atoms with E-state index in [9.17, 15) is 4.79 Å². The highest BCUT2D eigenvalue weighted by Crippen LogP contribution is 2.38. The van der Waals surface area contributed by atoms with Crippen LogP contribution in [0.25, 0.3) is 0 Å². The second kappa shape index (κ2) is 6.25. The molecule has 0 aromatic heterocycles. The van der Waals surface area contributed by atoms with Crippen molar-refractivity contribution in [2.24, 2.45) is 0 Å². The van der Waals surface area contributed by atoms with Crippen molar-refractivity contribution in [3.05, 3.63) is 29.8 Å². The van der Waals surface area contributed by atoms with Crippen molar-refractivity contribution >= 4 is 17.7 Å². The minimum atomic E-state index is -0.740. The average Bonchev–Trinajstić information content (AvgIpc) is 2.77. The molecule has 18 heavy (non-hydrogen) atoms. The Morgan fingerprint density at radius 2 is 2.33 bits per heavy atom. The van der Waals surface area contributed by atoms with Gasteiger partial charge in [0.2, 0.25) is 0 Å². The summed E-state index contributed by atoms with van der Waals surface area (Å²) in [4.78, 5) is 12.4. The van der Waals surface area contributed by atoms with Crippen LogP contribution in [-0.2, 0) is 4.79 Å². The predicted molar refractivity (Wildman–Crippen MR) is 74.2 cm³/mol. The maximum atomic E-state index is 11.1. The van der Waals surface area contributed by atoms with Crippen LogP contribution in [0.1, 0.15) is 31.2 Å². The molecule has 0 fully saturated rings. The van der Waals surface area contributed by atoms with Gasteiger partial charge in [-0.2, -0.15) is 0 Å². The Bertz CT molecular complexity index is 422. The lowest BCUT2D eigenvalue weighted by Crippen LogP contribution is -2.38. The third kappa shape index (κ3) is 3.06. The monoisotopic (exact) mass is 265 g/mol. The summed E-state index contributed by atoms with van der Waals surface area (Å²) in [5.74, 6) is 0.742. The number of benzene rings is 1. The maximum Gasteiger partial charge on any atom is 0.320 e. The molecule has 0 aliphatic carbocycles. The van der Waals surface area contributed by atoms with Gasteiger partial charge in [0.05, 0.1) is 0 Å². The number of hydrogen-bond acceptors (Lipinski definition) is 3. The predicted octanol–water partition coefficient (Wildman–Crippen LogP) is 2.72. The second-order valence-electron chi connectivity index (χ2n) is 4.63. The zero-order valence-corrected chi connectivity index (χ0v) is 11.4. The van der Waals surface area contributed by atoms with Gasteiger partial charge in [0, 0.05) is 23.1 Å². The van der Waals surface area contributed by atoms with Gasteiger partial charge in [-0.05, 0) is 18.1 Å². The summed E-state index contributed by atoms with van der Waals surface area (Å²) in [6.45, 7) is 2.76. The molecule has 2 unspecified atom stereocenters. The van der Waals surface area contributed by atoms with Crippen molar-refractivity contribution in [3.63, 3.8) is 0 Å². The summed E-state index contributed by atoms with van der Waals surface area (Å²) in [6.07, 6.45) is 1.58. The van der Waals surface area contributed by atoms with Crippen molar-refractivity contribution in [1.29, 1.82) is 0 Å². The quantitative estimate of drug-likeness (QED) is 0.830. The Morgan fingerprint density at radius 1 is 1.56 bits per heavy atom. The Kier molecular flexibility index (Phi) is 4.66. The summed E-state index contributed by atoms with van der Waals surface area (Å²) < 4.78 is 0. The number of carbonyl (C=O) groups is 1. The molecule has 98 valence electrons. The summed E-state index contributed by atoms with van der Waals surface area (Å²) in [6, 6.07) is 7.99. The Balaban J connectivity index is 1.93. The molecule has 2 atom stereocenters. The van der Waals surface area contributed by atoms with Gasteiger partial charge in [0.1, 0.15) is 6.04 Å². The molecule has 2 rings (SSSR count). The van der Waals surface area contributed by atoms with Crippen molar-refractivity contribution in [1.82, 2.24) is 5.32 Å². The summed E-state index contributed by atoms with van der Waals surface area (Å²) in [5.41, 5.74) is 1.36. The molecule has 2 N–H and O–H groups in total. The summed E-state index contributed by atoms with van der Waals surface area (Å²) in [7, 11) is 0. The van der Waals surface area contributed by atoms with Gasteiger partial charge in [-0.25, -0.2) is 0 Å². The first-order chi connectivity index (χ1) is 8.72. The highest BCUT2D eigenvalue weighted by molar-refractivity contribution is 7.99. The number of hydrogen-bond donors (Lipinski definition) is 2. The smallest absolute Gasteiger partial charge is 0.320 e. The van der Waals surface area contributed by atoms with Crippen LogP contribution in [0.2, 0.25) is 0 Å². The number of thioether (sulfide) groups is 1. The van der Waals surface area contributed by atoms with Crippen LogP contribution in [0, 0.1) is 0 Å². The second-order valence-corrected chi connectivity index (χ2v) is 5.70. The van der Waals surface area contributed by atoms with E-state index in [4.69, 9.17) is 5.11 Å². The van der Waals surface area contributed by atoms with E-state index in [1.54, 1.807) is 0 Å². The van der Waals surface area contributed by atoms with Gasteiger partial charge in [0.15, 0.2) is 0 Å². The molecule has 1 aromatic carbocycles. The van der Waals surface area contributed by atoms with Crippen molar-refractivity contribution in [2.45, 2.75) is 36.6 Å². The molecule has 1 aliphatic heterocycles. The number of nitrogens with one attached hydrogen (secondary N) is 1. The van der Waals surface area contributed by atoms with Gasteiger partial charge in [-0.1, -0.05) is 31.5 Å². The minimum absolute atomic E-state index is 0.409. The molecule has 0 radical (unpaired) electrons. The fraction of sp³-hybridized carbons (Fsp3) is 0.500. The Labute approximate surface area is 112 Å². The topological polar surface area (TPSA) is 49.3 Å². The lowest BCUT2D eigenvalue weighted by Gasteiger charge is -2.17. The molecule has 0 spiro atoms. The van der Waals surface area contributed by atoms with E-state index in [0.29, 0.717) is 12.3 Å². The van der Waals surface area contributed by atoms with Crippen LogP contribution in [-0.4, -0.2) is 29.4 Å². The average molecular weight is 265 g/mol. The molecule has 1 aliphatic rings. The van der Waals surface area contributed by atoms with Crippen molar-refractivity contribution in [3.8, 4) is 0 Å². The number of carboxylic acids is 1. The Morgan fingerprint density at radius 3 is 3.06 bits per heavy atom. The van der Waals surface area contributed by atoms with E-state index in [1.807, 2.05) is 18.7 Å². The molecule has 1 heterocycles. The molecule has 3 nitrogen and oxygen atoms in total. The Hall–Kier alpha value is -1.00. The number of carboxylic acid groups (broad SMARTS) is 1. The van der Waals surface area contributed by atoms with Crippen LogP contribution in [0.4, 0.5) is 0 Å². The van der Waals surface area contributed by atoms with Gasteiger partial charge >= 0.3 is 5.97 Å². The molecule has 4 heteroatoms. The number of aliphatic carboxylic acids is 1. The summed E-state index contributed by atoms with van der Waals surface area (Å²) in [5, 5.41) is 12.3. The standard InChI is InChI=1S/C14H19NO2S/c1-2-5-12(14(16)17)15-8-10-9-18-13-7-4-3-6-11(10)13/h3-4,6-7,10,12,15H,2,5,8-9H2,1H3,(H,16,17). The first-order valence-corrected chi connectivity index (χ1v) is 7.38. The fourth-order valence-electron chi connectivity index (χ4n) is 2.28. The molecule has 0 saturated heterocycles. The lowest BCUT2D eigenvalue weighted by molar-refractivity contribution is -0.139. The van der Waals surface area contributed by atoms with Crippen LogP contribution >= 0.6 is 11.8 Å². The van der Waals surface area contributed by atoms with E-state index in [1.165, 1.54) is 10.5 Å². The maximum absolute atomic E-state index is 11.1. The zero-order chi connectivity index (χ0) is 13.0. The van der Waals surface area contributed by atoms with E-state index in [0.717, 1.165) is 18.7 Å². The minimum Gasteiger partial charge on any atom is -0.480 e. The molecule has 0 amide bonds. The first kappa shape index (κ1) is 13.4. The first-order valence-electron chi connectivity index (χ1n) is 6.40.